The second kappa shape index (κ2) is 8.79. The summed E-state index contributed by atoms with van der Waals surface area (Å²) in [6.07, 6.45) is -0.337. The van der Waals surface area contributed by atoms with Crippen LogP contribution in [0.1, 0.15) is 11.1 Å². The molecule has 2 aromatic carbocycles. The van der Waals surface area contributed by atoms with Crippen molar-refractivity contribution >= 4 is 0 Å². The minimum atomic E-state index is -0.310. The first kappa shape index (κ1) is 16.1. The highest BCUT2D eigenvalue weighted by molar-refractivity contribution is 5.14. The normalized spacial score (nSPS) is 21.2. The highest BCUT2D eigenvalue weighted by Gasteiger charge is 2.22. The van der Waals surface area contributed by atoms with Gasteiger partial charge in [0.15, 0.2) is 6.29 Å². The van der Waals surface area contributed by atoms with Crippen LogP contribution in [0.15, 0.2) is 60.7 Å². The van der Waals surface area contributed by atoms with Crippen molar-refractivity contribution in [3.63, 3.8) is 0 Å². The third kappa shape index (κ3) is 5.44. The van der Waals surface area contributed by atoms with Crippen molar-refractivity contribution in [2.24, 2.45) is 0 Å². The van der Waals surface area contributed by atoms with E-state index in [4.69, 9.17) is 18.9 Å². The molecule has 0 amide bonds. The molecule has 1 fully saturated rings. The van der Waals surface area contributed by atoms with Crippen molar-refractivity contribution in [1.29, 1.82) is 0 Å². The summed E-state index contributed by atoms with van der Waals surface area (Å²) in [5.41, 5.74) is 2.30. The molecule has 0 aromatic heterocycles. The predicted octanol–water partition coefficient (Wildman–Crippen LogP) is 3.16. The summed E-state index contributed by atoms with van der Waals surface area (Å²) in [5, 5.41) is 0. The van der Waals surface area contributed by atoms with Gasteiger partial charge in [-0.2, -0.15) is 0 Å². The van der Waals surface area contributed by atoms with Crippen LogP contribution in [-0.4, -0.2) is 32.2 Å². The largest absolute Gasteiger partial charge is 0.371 e. The van der Waals surface area contributed by atoms with Crippen LogP contribution in [0.25, 0.3) is 0 Å². The van der Waals surface area contributed by atoms with E-state index in [1.54, 1.807) is 0 Å². The van der Waals surface area contributed by atoms with Crippen LogP contribution in [0.3, 0.4) is 0 Å². The summed E-state index contributed by atoms with van der Waals surface area (Å²) in [5.74, 6) is 0. The van der Waals surface area contributed by atoms with Gasteiger partial charge < -0.3 is 18.9 Å². The molecule has 4 heteroatoms. The van der Waals surface area contributed by atoms with E-state index in [9.17, 15) is 0 Å². The van der Waals surface area contributed by atoms with Gasteiger partial charge in [-0.15, -0.1) is 0 Å². The van der Waals surface area contributed by atoms with E-state index in [2.05, 4.69) is 0 Å². The van der Waals surface area contributed by atoms with E-state index in [1.165, 1.54) is 0 Å². The van der Waals surface area contributed by atoms with Gasteiger partial charge in [0.25, 0.3) is 0 Å². The average molecular weight is 314 g/mol. The molecule has 23 heavy (non-hydrogen) atoms. The molecule has 1 saturated heterocycles. The molecule has 0 unspecified atom stereocenters. The number of benzene rings is 2. The molecule has 1 heterocycles. The fourth-order valence-electron chi connectivity index (χ4n) is 2.35. The van der Waals surface area contributed by atoms with Crippen LogP contribution in [0.2, 0.25) is 0 Å². The number of rotatable bonds is 7. The molecule has 0 spiro atoms. The third-order valence-corrected chi connectivity index (χ3v) is 3.63. The highest BCUT2D eigenvalue weighted by atomic mass is 16.7. The van der Waals surface area contributed by atoms with Crippen molar-refractivity contribution in [1.82, 2.24) is 0 Å². The van der Waals surface area contributed by atoms with E-state index < -0.39 is 0 Å². The zero-order valence-electron chi connectivity index (χ0n) is 13.1. The summed E-state index contributed by atoms with van der Waals surface area (Å²) in [6, 6.07) is 20.2. The monoisotopic (exact) mass is 314 g/mol. The van der Waals surface area contributed by atoms with Gasteiger partial charge in [-0.1, -0.05) is 60.7 Å². The zero-order valence-corrected chi connectivity index (χ0v) is 13.1. The summed E-state index contributed by atoms with van der Waals surface area (Å²) in [7, 11) is 0. The molecule has 0 bridgehead atoms. The SMILES string of the molecule is c1ccc(COCC2OCC(OCc3ccccc3)CO2)cc1. The van der Waals surface area contributed by atoms with Crippen LogP contribution in [0, 0.1) is 0 Å². The van der Waals surface area contributed by atoms with Gasteiger partial charge in [-0.3, -0.25) is 0 Å². The lowest BCUT2D eigenvalue weighted by Crippen LogP contribution is -2.39. The maximum absolute atomic E-state index is 5.80. The summed E-state index contributed by atoms with van der Waals surface area (Å²) in [4.78, 5) is 0. The van der Waals surface area contributed by atoms with Crippen LogP contribution in [-0.2, 0) is 32.2 Å². The molecule has 0 aliphatic carbocycles. The molecule has 1 aliphatic rings. The molecular formula is C19H22O4. The van der Waals surface area contributed by atoms with Crippen LogP contribution in [0.5, 0.6) is 0 Å². The lowest BCUT2D eigenvalue weighted by Gasteiger charge is -2.29. The van der Waals surface area contributed by atoms with Crippen molar-refractivity contribution in [2.75, 3.05) is 19.8 Å². The fraction of sp³-hybridized carbons (Fsp3) is 0.368. The second-order valence-corrected chi connectivity index (χ2v) is 5.52. The third-order valence-electron chi connectivity index (χ3n) is 3.63. The maximum Gasteiger partial charge on any atom is 0.181 e. The molecule has 1 aliphatic heterocycles. The minimum absolute atomic E-state index is 0.0272. The van der Waals surface area contributed by atoms with Gasteiger partial charge in [0.05, 0.1) is 33.0 Å². The van der Waals surface area contributed by atoms with Gasteiger partial charge in [0.2, 0.25) is 0 Å². The maximum atomic E-state index is 5.80. The standard InChI is InChI=1S/C19H22O4/c1-3-7-16(8-4-1)11-20-15-19-22-13-18(14-23-19)21-12-17-9-5-2-6-10-17/h1-10,18-19H,11-15H2. The van der Waals surface area contributed by atoms with E-state index in [1.807, 2.05) is 60.7 Å². The van der Waals surface area contributed by atoms with Crippen molar-refractivity contribution in [3.05, 3.63) is 71.8 Å². The summed E-state index contributed by atoms with van der Waals surface area (Å²) < 4.78 is 22.7. The highest BCUT2D eigenvalue weighted by Crippen LogP contribution is 2.12. The van der Waals surface area contributed by atoms with Gasteiger partial charge in [0.1, 0.15) is 6.10 Å². The Labute approximate surface area is 136 Å². The lowest BCUT2D eigenvalue weighted by molar-refractivity contribution is -0.245. The molecule has 2 aromatic rings. The van der Waals surface area contributed by atoms with E-state index >= 15 is 0 Å². The summed E-state index contributed by atoms with van der Waals surface area (Å²) >= 11 is 0. The first-order chi connectivity index (χ1) is 11.4. The lowest BCUT2D eigenvalue weighted by atomic mass is 10.2. The second-order valence-electron chi connectivity index (χ2n) is 5.52. The van der Waals surface area contributed by atoms with Crippen LogP contribution < -0.4 is 0 Å². The quantitative estimate of drug-likeness (QED) is 0.786. The molecule has 0 saturated carbocycles. The molecule has 0 atom stereocenters. The topological polar surface area (TPSA) is 36.9 Å². The van der Waals surface area contributed by atoms with Crippen LogP contribution in [0.4, 0.5) is 0 Å². The van der Waals surface area contributed by atoms with Gasteiger partial charge in [-0.05, 0) is 11.1 Å². The van der Waals surface area contributed by atoms with E-state index in [-0.39, 0.29) is 12.4 Å². The fourth-order valence-corrected chi connectivity index (χ4v) is 2.35. The number of hydrogen-bond donors (Lipinski definition) is 0. The van der Waals surface area contributed by atoms with E-state index in [0.717, 1.165) is 11.1 Å². The van der Waals surface area contributed by atoms with Crippen molar-refractivity contribution in [2.45, 2.75) is 25.6 Å². The first-order valence-corrected chi connectivity index (χ1v) is 7.90. The Hall–Kier alpha value is -1.72. The number of hydrogen-bond acceptors (Lipinski definition) is 4. The first-order valence-electron chi connectivity index (χ1n) is 7.90. The zero-order chi connectivity index (χ0) is 15.7. The number of ether oxygens (including phenoxy) is 4. The molecule has 0 N–H and O–H groups in total. The van der Waals surface area contributed by atoms with Crippen molar-refractivity contribution < 1.29 is 18.9 Å². The molecule has 4 nitrogen and oxygen atoms in total. The van der Waals surface area contributed by atoms with Crippen molar-refractivity contribution in [3.8, 4) is 0 Å². The Morgan fingerprint density at radius 3 is 1.96 bits per heavy atom. The molecule has 3 rings (SSSR count). The predicted molar refractivity (Wildman–Crippen MR) is 86.8 cm³/mol. The minimum Gasteiger partial charge on any atom is -0.371 e. The Morgan fingerprint density at radius 2 is 1.35 bits per heavy atom. The smallest absolute Gasteiger partial charge is 0.181 e. The Kier molecular flexibility index (Phi) is 6.17. The van der Waals surface area contributed by atoms with Crippen LogP contribution >= 0.6 is 0 Å². The Balaban J connectivity index is 1.31. The summed E-state index contributed by atoms with van der Waals surface area (Å²) in [6.45, 7) is 2.64. The van der Waals surface area contributed by atoms with Gasteiger partial charge >= 0.3 is 0 Å². The molecular weight excluding hydrogens is 292 g/mol. The average Bonchev–Trinajstić information content (AvgIpc) is 2.63. The molecule has 0 radical (unpaired) electrons. The Bertz CT molecular complexity index is 550. The molecule has 122 valence electrons. The van der Waals surface area contributed by atoms with E-state index in [0.29, 0.717) is 33.0 Å². The Morgan fingerprint density at radius 1 is 0.783 bits per heavy atom. The van der Waals surface area contributed by atoms with Gasteiger partial charge in [-0.25, -0.2) is 0 Å². The van der Waals surface area contributed by atoms with Gasteiger partial charge in [0, 0.05) is 0 Å².